The first-order chi connectivity index (χ1) is 15.6. The first-order valence-electron chi connectivity index (χ1n) is 11.3. The summed E-state index contributed by atoms with van der Waals surface area (Å²) in [6, 6.07) is 10.1. The molecule has 0 radical (unpaired) electrons. The second-order valence-electron chi connectivity index (χ2n) is 8.71. The highest BCUT2D eigenvalue weighted by Gasteiger charge is 2.30. The number of aromatic nitrogens is 2. The van der Waals surface area contributed by atoms with Crippen LogP contribution in [0.25, 0.3) is 11.4 Å². The zero-order valence-electron chi connectivity index (χ0n) is 18.6. The lowest BCUT2D eigenvalue weighted by Crippen LogP contribution is -2.52. The lowest BCUT2D eigenvalue weighted by Gasteiger charge is -2.37. The van der Waals surface area contributed by atoms with Crippen molar-refractivity contribution in [2.24, 2.45) is 0 Å². The monoisotopic (exact) mass is 435 g/mol. The molecule has 2 aromatic heterocycles. The van der Waals surface area contributed by atoms with E-state index >= 15 is 0 Å². The fraction of sp³-hybridized carbons (Fsp3) is 0.458. The van der Waals surface area contributed by atoms with Crippen molar-refractivity contribution in [2.45, 2.75) is 45.2 Å². The van der Waals surface area contributed by atoms with Crippen molar-refractivity contribution in [1.82, 2.24) is 25.3 Å². The van der Waals surface area contributed by atoms with Gasteiger partial charge in [-0.3, -0.25) is 4.90 Å². The molecule has 0 unspecified atom stereocenters. The Morgan fingerprint density at radius 3 is 2.72 bits per heavy atom. The Morgan fingerprint density at radius 1 is 1.16 bits per heavy atom. The third-order valence-corrected chi connectivity index (χ3v) is 6.61. The highest BCUT2D eigenvalue weighted by molar-refractivity contribution is 5.75. The minimum Gasteiger partial charge on any atom is -0.469 e. The number of amides is 2. The van der Waals surface area contributed by atoms with E-state index in [4.69, 9.17) is 8.94 Å². The maximum atomic E-state index is 12.9. The van der Waals surface area contributed by atoms with Crippen molar-refractivity contribution in [3.8, 4) is 11.4 Å². The first-order valence-corrected chi connectivity index (χ1v) is 11.3. The number of hydrogen-bond acceptors (Lipinski definition) is 6. The fourth-order valence-electron chi connectivity index (χ4n) is 4.57. The topological polar surface area (TPSA) is 87.6 Å². The van der Waals surface area contributed by atoms with Crippen molar-refractivity contribution in [2.75, 3.05) is 26.2 Å². The molecule has 3 aromatic rings. The van der Waals surface area contributed by atoms with Crippen LogP contribution in [0, 0.1) is 6.92 Å². The number of furan rings is 1. The van der Waals surface area contributed by atoms with Gasteiger partial charge in [-0.05, 0) is 32.8 Å². The van der Waals surface area contributed by atoms with Gasteiger partial charge in [0.2, 0.25) is 11.7 Å². The molecule has 168 valence electrons. The average Bonchev–Trinajstić information content (AvgIpc) is 3.50. The van der Waals surface area contributed by atoms with Gasteiger partial charge >= 0.3 is 6.03 Å². The molecule has 3 heterocycles. The number of nitrogens with zero attached hydrogens (tertiary/aromatic N) is 4. The molecule has 0 bridgehead atoms. The van der Waals surface area contributed by atoms with Crippen LogP contribution >= 0.6 is 0 Å². The lowest BCUT2D eigenvalue weighted by molar-refractivity contribution is 0.0987. The molecule has 1 fully saturated rings. The van der Waals surface area contributed by atoms with Crippen LogP contribution in [0.2, 0.25) is 0 Å². The van der Waals surface area contributed by atoms with Crippen molar-refractivity contribution in [1.29, 1.82) is 0 Å². The maximum Gasteiger partial charge on any atom is 0.317 e. The Balaban J connectivity index is 1.16. The van der Waals surface area contributed by atoms with Crippen LogP contribution in [0.3, 0.4) is 0 Å². The lowest BCUT2D eigenvalue weighted by atomic mass is 9.93. The highest BCUT2D eigenvalue weighted by Crippen LogP contribution is 2.31. The number of fused-ring (bicyclic) bond motifs is 1. The molecule has 1 aromatic carbocycles. The van der Waals surface area contributed by atoms with Gasteiger partial charge in [-0.1, -0.05) is 35.0 Å². The average molecular weight is 436 g/mol. The summed E-state index contributed by atoms with van der Waals surface area (Å²) in [5, 5.41) is 7.36. The number of carbonyl (C=O) groups is 1. The van der Waals surface area contributed by atoms with E-state index in [9.17, 15) is 4.79 Å². The molecule has 32 heavy (non-hydrogen) atoms. The van der Waals surface area contributed by atoms with Crippen LogP contribution in [0.4, 0.5) is 4.79 Å². The predicted molar refractivity (Wildman–Crippen MR) is 119 cm³/mol. The molecule has 2 atom stereocenters. The molecule has 8 heteroatoms. The van der Waals surface area contributed by atoms with Crippen molar-refractivity contribution in [3.05, 3.63) is 59.4 Å². The molecule has 0 spiro atoms. The predicted octanol–water partition coefficient (Wildman–Crippen LogP) is 4.10. The largest absolute Gasteiger partial charge is 0.469 e. The first kappa shape index (κ1) is 20.8. The van der Waals surface area contributed by atoms with Crippen LogP contribution in [0.15, 0.2) is 45.5 Å². The quantitative estimate of drug-likeness (QED) is 0.664. The van der Waals surface area contributed by atoms with Crippen LogP contribution in [-0.4, -0.2) is 52.2 Å². The van der Waals surface area contributed by atoms with Crippen molar-refractivity contribution in [3.63, 3.8) is 0 Å². The van der Waals surface area contributed by atoms with E-state index in [0.717, 1.165) is 49.2 Å². The summed E-state index contributed by atoms with van der Waals surface area (Å²) in [5.74, 6) is 2.22. The second kappa shape index (κ2) is 8.78. The number of hydrogen-bond donors (Lipinski definition) is 1. The molecule has 2 amide bonds. The van der Waals surface area contributed by atoms with Crippen LogP contribution in [0.5, 0.6) is 0 Å². The Morgan fingerprint density at radius 2 is 1.94 bits per heavy atom. The van der Waals surface area contributed by atoms with Crippen LogP contribution < -0.4 is 5.32 Å². The zero-order chi connectivity index (χ0) is 22.1. The molecule has 5 rings (SSSR count). The van der Waals surface area contributed by atoms with Crippen molar-refractivity contribution >= 4 is 6.03 Å². The number of aryl methyl sites for hydroxylation is 2. The van der Waals surface area contributed by atoms with Gasteiger partial charge in [-0.2, -0.15) is 4.98 Å². The molecular weight excluding hydrogens is 406 g/mol. The molecular formula is C24H29N5O3. The van der Waals surface area contributed by atoms with E-state index in [1.54, 1.807) is 6.26 Å². The zero-order valence-corrected chi connectivity index (χ0v) is 18.6. The molecule has 1 saturated heterocycles. The summed E-state index contributed by atoms with van der Waals surface area (Å²) in [6.45, 7) is 6.99. The van der Waals surface area contributed by atoms with Gasteiger partial charge in [0.1, 0.15) is 5.76 Å². The summed E-state index contributed by atoms with van der Waals surface area (Å²) in [5.41, 5.74) is 3.27. The Labute approximate surface area is 187 Å². The minimum atomic E-state index is -0.00389. The summed E-state index contributed by atoms with van der Waals surface area (Å²) in [7, 11) is 0. The van der Waals surface area contributed by atoms with Gasteiger partial charge in [0.05, 0.1) is 18.3 Å². The highest BCUT2D eigenvalue weighted by atomic mass is 16.5. The minimum absolute atomic E-state index is 0.00116. The number of piperazine rings is 1. The number of nitrogens with one attached hydrogen (secondary N) is 1. The van der Waals surface area contributed by atoms with Crippen LogP contribution in [-0.2, 0) is 6.42 Å². The smallest absolute Gasteiger partial charge is 0.317 e. The van der Waals surface area contributed by atoms with Gasteiger partial charge in [0, 0.05) is 43.7 Å². The molecule has 1 aliphatic heterocycles. The number of benzene rings is 1. The maximum absolute atomic E-state index is 12.9. The Hall–Kier alpha value is -3.13. The second-order valence-corrected chi connectivity index (χ2v) is 8.71. The summed E-state index contributed by atoms with van der Waals surface area (Å²) >= 11 is 0. The van der Waals surface area contributed by atoms with Crippen LogP contribution in [0.1, 0.15) is 54.6 Å². The Kier molecular flexibility index (Phi) is 5.70. The van der Waals surface area contributed by atoms with E-state index in [0.29, 0.717) is 24.8 Å². The van der Waals surface area contributed by atoms with Gasteiger partial charge in [0.25, 0.3) is 0 Å². The third kappa shape index (κ3) is 4.14. The normalized spacial score (nSPS) is 20.1. The van der Waals surface area contributed by atoms with Gasteiger partial charge in [0.15, 0.2) is 0 Å². The third-order valence-electron chi connectivity index (χ3n) is 6.61. The SMILES string of the molecule is Cc1ccc(-c2noc([C@H](C)N3CCN(C(=O)N[C@@H]4CCCc5occc54)CC3)n2)cc1. The summed E-state index contributed by atoms with van der Waals surface area (Å²) < 4.78 is 11.1. The van der Waals surface area contributed by atoms with E-state index in [2.05, 4.69) is 34.2 Å². The van der Waals surface area contributed by atoms with Gasteiger partial charge in [-0.25, -0.2) is 4.79 Å². The molecule has 2 aliphatic rings. The number of urea groups is 1. The van der Waals surface area contributed by atoms with E-state index < -0.39 is 0 Å². The van der Waals surface area contributed by atoms with E-state index in [-0.39, 0.29) is 18.1 Å². The molecule has 1 aliphatic carbocycles. The molecule has 0 saturated carbocycles. The molecule has 8 nitrogen and oxygen atoms in total. The fourth-order valence-corrected chi connectivity index (χ4v) is 4.57. The van der Waals surface area contributed by atoms with Gasteiger partial charge in [-0.15, -0.1) is 0 Å². The summed E-state index contributed by atoms with van der Waals surface area (Å²) in [4.78, 5) is 21.6. The van der Waals surface area contributed by atoms with Crippen molar-refractivity contribution < 1.29 is 13.7 Å². The summed E-state index contributed by atoms with van der Waals surface area (Å²) in [6.07, 6.45) is 4.66. The number of carbonyl (C=O) groups excluding carboxylic acids is 1. The van der Waals surface area contributed by atoms with E-state index in [1.165, 1.54) is 5.56 Å². The molecule has 1 N–H and O–H groups in total. The Bertz CT molecular complexity index is 1070. The van der Waals surface area contributed by atoms with Gasteiger partial charge < -0.3 is 19.2 Å². The standard InChI is InChI=1S/C24H29N5O3/c1-16-6-8-18(9-7-16)22-26-23(32-27-22)17(2)28-11-13-29(14-12-28)24(30)25-20-4-3-5-21-19(20)10-15-31-21/h6-10,15,17,20H,3-5,11-14H2,1-2H3,(H,25,30)/t17-,20+/m0/s1. The van der Waals surface area contributed by atoms with E-state index in [1.807, 2.05) is 35.2 Å². The number of rotatable bonds is 4.